The largest absolute Gasteiger partial charge is 0.392 e. The van der Waals surface area contributed by atoms with Gasteiger partial charge in [-0.1, -0.05) is 6.92 Å². The minimum absolute atomic E-state index is 0.0954. The third-order valence-corrected chi connectivity index (χ3v) is 4.01. The van der Waals surface area contributed by atoms with Crippen LogP contribution in [0.3, 0.4) is 0 Å². The summed E-state index contributed by atoms with van der Waals surface area (Å²) in [7, 11) is 0. The molecule has 1 heterocycles. The van der Waals surface area contributed by atoms with Crippen LogP contribution in [-0.2, 0) is 11.2 Å². The average molecular weight is 240 g/mol. The van der Waals surface area contributed by atoms with Crippen molar-refractivity contribution < 1.29 is 9.90 Å². The number of aromatic nitrogens is 1. The molecule has 4 nitrogen and oxygen atoms in total. The van der Waals surface area contributed by atoms with Crippen molar-refractivity contribution in [3.63, 3.8) is 0 Å². The summed E-state index contributed by atoms with van der Waals surface area (Å²) in [6.07, 6.45) is 4.67. The van der Waals surface area contributed by atoms with Crippen LogP contribution in [0.25, 0.3) is 0 Å². The number of thiazole rings is 1. The van der Waals surface area contributed by atoms with E-state index in [2.05, 4.69) is 17.2 Å². The van der Waals surface area contributed by atoms with E-state index >= 15 is 0 Å². The number of nitrogens with zero attached hydrogens (tertiary/aromatic N) is 1. The molecule has 1 aliphatic carbocycles. The van der Waals surface area contributed by atoms with E-state index in [4.69, 9.17) is 0 Å². The molecule has 88 valence electrons. The minimum atomic E-state index is -0.481. The van der Waals surface area contributed by atoms with Crippen molar-refractivity contribution >= 4 is 22.4 Å². The van der Waals surface area contributed by atoms with Crippen LogP contribution in [0.15, 0.2) is 6.20 Å². The lowest BCUT2D eigenvalue weighted by molar-refractivity contribution is -0.122. The summed E-state index contributed by atoms with van der Waals surface area (Å²) in [5.41, 5.74) is 0. The van der Waals surface area contributed by atoms with Crippen LogP contribution in [0.1, 0.15) is 31.1 Å². The summed E-state index contributed by atoms with van der Waals surface area (Å²) in [4.78, 5) is 17.1. The molecular formula is C11H16N2O2S. The van der Waals surface area contributed by atoms with E-state index in [0.29, 0.717) is 5.13 Å². The number of amides is 1. The molecular weight excluding hydrogens is 224 g/mol. The van der Waals surface area contributed by atoms with E-state index in [-0.39, 0.29) is 11.8 Å². The highest BCUT2D eigenvalue weighted by Gasteiger charge is 2.31. The number of nitrogens with one attached hydrogen (secondary N) is 1. The van der Waals surface area contributed by atoms with Crippen LogP contribution < -0.4 is 5.32 Å². The van der Waals surface area contributed by atoms with E-state index in [1.165, 1.54) is 11.3 Å². The van der Waals surface area contributed by atoms with Crippen LogP contribution in [0, 0.1) is 5.92 Å². The topological polar surface area (TPSA) is 62.2 Å². The highest BCUT2D eigenvalue weighted by Crippen LogP contribution is 2.27. The Balaban J connectivity index is 1.96. The second-order valence-electron chi connectivity index (χ2n) is 4.08. The number of aryl methyl sites for hydroxylation is 1. The first-order valence-electron chi connectivity index (χ1n) is 5.64. The second-order valence-corrected chi connectivity index (χ2v) is 5.19. The Bertz CT molecular complexity index is 378. The van der Waals surface area contributed by atoms with Gasteiger partial charge in [-0.05, 0) is 25.7 Å². The normalized spacial score (nSPS) is 24.6. The van der Waals surface area contributed by atoms with Gasteiger partial charge in [-0.15, -0.1) is 11.3 Å². The Labute approximate surface area is 98.7 Å². The average Bonchev–Trinajstić information content (AvgIpc) is 2.86. The molecule has 1 aliphatic rings. The quantitative estimate of drug-likeness (QED) is 0.847. The fourth-order valence-electron chi connectivity index (χ4n) is 1.97. The first-order valence-corrected chi connectivity index (χ1v) is 6.46. The highest BCUT2D eigenvalue weighted by molar-refractivity contribution is 7.15. The van der Waals surface area contributed by atoms with E-state index in [0.717, 1.165) is 30.6 Å². The molecule has 1 amide bonds. The highest BCUT2D eigenvalue weighted by atomic mass is 32.1. The fraction of sp³-hybridized carbons (Fsp3) is 0.636. The van der Waals surface area contributed by atoms with Crippen LogP contribution in [-0.4, -0.2) is 22.1 Å². The molecule has 0 bridgehead atoms. The van der Waals surface area contributed by atoms with Crippen LogP contribution >= 0.6 is 11.3 Å². The van der Waals surface area contributed by atoms with Crippen molar-refractivity contribution in [1.29, 1.82) is 0 Å². The molecule has 2 rings (SSSR count). The Kier molecular flexibility index (Phi) is 3.56. The van der Waals surface area contributed by atoms with Gasteiger partial charge >= 0.3 is 0 Å². The molecule has 0 aromatic carbocycles. The van der Waals surface area contributed by atoms with Crippen molar-refractivity contribution in [1.82, 2.24) is 4.98 Å². The number of hydrogen-bond acceptors (Lipinski definition) is 4. The molecule has 2 N–H and O–H groups in total. The maximum atomic E-state index is 11.8. The summed E-state index contributed by atoms with van der Waals surface area (Å²) >= 11 is 1.50. The summed E-state index contributed by atoms with van der Waals surface area (Å²) in [6.45, 7) is 2.06. The molecule has 0 aliphatic heterocycles. The Morgan fingerprint density at radius 2 is 2.50 bits per heavy atom. The monoisotopic (exact) mass is 240 g/mol. The summed E-state index contributed by atoms with van der Waals surface area (Å²) in [5, 5.41) is 13.0. The van der Waals surface area contributed by atoms with Gasteiger partial charge in [0.2, 0.25) is 5.91 Å². The van der Waals surface area contributed by atoms with Gasteiger partial charge in [0.1, 0.15) is 0 Å². The zero-order chi connectivity index (χ0) is 11.5. The first kappa shape index (κ1) is 11.5. The van der Waals surface area contributed by atoms with Gasteiger partial charge in [0, 0.05) is 11.1 Å². The van der Waals surface area contributed by atoms with Gasteiger partial charge in [0.15, 0.2) is 5.13 Å². The van der Waals surface area contributed by atoms with E-state index in [1.54, 1.807) is 6.20 Å². The molecule has 16 heavy (non-hydrogen) atoms. The summed E-state index contributed by atoms with van der Waals surface area (Å²) < 4.78 is 0. The van der Waals surface area contributed by atoms with Gasteiger partial charge in [-0.2, -0.15) is 0 Å². The molecule has 1 saturated carbocycles. The van der Waals surface area contributed by atoms with Crippen LogP contribution in [0.4, 0.5) is 5.13 Å². The van der Waals surface area contributed by atoms with Crippen LogP contribution in [0.2, 0.25) is 0 Å². The SMILES string of the molecule is CCc1cnc(NC(=O)C2CCCC2O)s1. The lowest BCUT2D eigenvalue weighted by Crippen LogP contribution is -2.28. The molecule has 2 unspecified atom stereocenters. The van der Waals surface area contributed by atoms with Crippen LogP contribution in [0.5, 0.6) is 0 Å². The maximum Gasteiger partial charge on any atom is 0.231 e. The van der Waals surface area contributed by atoms with Crippen molar-refractivity contribution in [3.8, 4) is 0 Å². The summed E-state index contributed by atoms with van der Waals surface area (Å²) in [5.74, 6) is -0.351. The molecule has 1 aromatic heterocycles. The van der Waals surface area contributed by atoms with Crippen molar-refractivity contribution in [2.24, 2.45) is 5.92 Å². The van der Waals surface area contributed by atoms with Gasteiger partial charge < -0.3 is 10.4 Å². The molecule has 0 radical (unpaired) electrons. The minimum Gasteiger partial charge on any atom is -0.392 e. The van der Waals surface area contributed by atoms with E-state index in [1.807, 2.05) is 0 Å². The summed E-state index contributed by atoms with van der Waals surface area (Å²) in [6, 6.07) is 0. The molecule has 1 fully saturated rings. The number of anilines is 1. The second kappa shape index (κ2) is 4.93. The predicted octanol–water partition coefficient (Wildman–Crippen LogP) is 1.81. The first-order chi connectivity index (χ1) is 7.70. The molecule has 0 spiro atoms. The number of carbonyl (C=O) groups is 1. The molecule has 1 aromatic rings. The van der Waals surface area contributed by atoms with Gasteiger partial charge in [-0.25, -0.2) is 4.98 Å². The standard InChI is InChI=1S/C11H16N2O2S/c1-2-7-6-12-11(16-7)13-10(15)8-4-3-5-9(8)14/h6,8-9,14H,2-5H2,1H3,(H,12,13,15). The third-order valence-electron chi connectivity index (χ3n) is 2.95. The number of hydrogen-bond donors (Lipinski definition) is 2. The van der Waals surface area contributed by atoms with Crippen molar-refractivity contribution in [2.45, 2.75) is 38.7 Å². The maximum absolute atomic E-state index is 11.8. The Hall–Kier alpha value is -0.940. The molecule has 0 saturated heterocycles. The lowest BCUT2D eigenvalue weighted by Gasteiger charge is -2.12. The van der Waals surface area contributed by atoms with E-state index in [9.17, 15) is 9.90 Å². The number of carbonyl (C=O) groups excluding carboxylic acids is 1. The van der Waals surface area contributed by atoms with Gasteiger partial charge in [-0.3, -0.25) is 4.79 Å². The number of aliphatic hydroxyl groups excluding tert-OH is 1. The smallest absolute Gasteiger partial charge is 0.231 e. The Morgan fingerprint density at radius 1 is 1.69 bits per heavy atom. The number of aliphatic hydroxyl groups is 1. The Morgan fingerprint density at radius 3 is 3.06 bits per heavy atom. The lowest BCUT2D eigenvalue weighted by atomic mass is 10.1. The number of rotatable bonds is 3. The zero-order valence-electron chi connectivity index (χ0n) is 9.27. The fourth-order valence-corrected chi connectivity index (χ4v) is 2.73. The van der Waals surface area contributed by atoms with Gasteiger partial charge in [0.25, 0.3) is 0 Å². The van der Waals surface area contributed by atoms with Crippen molar-refractivity contribution in [2.75, 3.05) is 5.32 Å². The van der Waals surface area contributed by atoms with Gasteiger partial charge in [0.05, 0.1) is 12.0 Å². The molecule has 5 heteroatoms. The van der Waals surface area contributed by atoms with E-state index < -0.39 is 6.10 Å². The zero-order valence-corrected chi connectivity index (χ0v) is 10.1. The predicted molar refractivity (Wildman–Crippen MR) is 63.5 cm³/mol. The third kappa shape index (κ3) is 2.41. The molecule has 2 atom stereocenters. The van der Waals surface area contributed by atoms with Crippen molar-refractivity contribution in [3.05, 3.63) is 11.1 Å².